The van der Waals surface area contributed by atoms with Crippen molar-refractivity contribution in [1.82, 2.24) is 9.78 Å². The van der Waals surface area contributed by atoms with Crippen molar-refractivity contribution in [3.05, 3.63) is 36.0 Å². The molecule has 0 unspecified atom stereocenters. The van der Waals surface area contributed by atoms with E-state index in [1.807, 2.05) is 31.3 Å². The maximum absolute atomic E-state index is 5.70. The van der Waals surface area contributed by atoms with Crippen LogP contribution in [0.2, 0.25) is 0 Å². The van der Waals surface area contributed by atoms with E-state index in [1.165, 1.54) is 0 Å². The first kappa shape index (κ1) is 11.3. The summed E-state index contributed by atoms with van der Waals surface area (Å²) < 4.78 is 7.07. The first-order valence-corrected chi connectivity index (χ1v) is 5.35. The number of hydrogen-bond donors (Lipinski definition) is 2. The van der Waals surface area contributed by atoms with E-state index in [9.17, 15) is 0 Å². The van der Waals surface area contributed by atoms with Crippen LogP contribution >= 0.6 is 0 Å². The quantitative estimate of drug-likeness (QED) is 0.786. The highest BCUT2D eigenvalue weighted by Gasteiger charge is 2.04. The van der Waals surface area contributed by atoms with Gasteiger partial charge in [-0.1, -0.05) is 6.07 Å². The minimum absolute atomic E-state index is 0.670. The van der Waals surface area contributed by atoms with Gasteiger partial charge < -0.3 is 15.8 Å². The lowest BCUT2D eigenvalue weighted by Crippen LogP contribution is -2.06. The van der Waals surface area contributed by atoms with Crippen molar-refractivity contribution < 1.29 is 4.74 Å². The molecule has 0 fully saturated rings. The second-order valence-electron chi connectivity index (χ2n) is 3.76. The van der Waals surface area contributed by atoms with Crippen molar-refractivity contribution in [3.8, 4) is 5.75 Å². The van der Waals surface area contributed by atoms with Gasteiger partial charge in [0, 0.05) is 37.0 Å². The SMILES string of the molecule is COc1cc(N)ccc1CNc1ccnn1C. The molecule has 0 aliphatic carbocycles. The summed E-state index contributed by atoms with van der Waals surface area (Å²) in [5.74, 6) is 1.75. The smallest absolute Gasteiger partial charge is 0.125 e. The van der Waals surface area contributed by atoms with Crippen LogP contribution in [0.5, 0.6) is 5.75 Å². The first-order chi connectivity index (χ1) is 8.20. The van der Waals surface area contributed by atoms with Gasteiger partial charge in [-0.15, -0.1) is 0 Å². The van der Waals surface area contributed by atoms with E-state index in [-0.39, 0.29) is 0 Å². The molecule has 0 spiro atoms. The van der Waals surface area contributed by atoms with Crippen molar-refractivity contribution in [2.45, 2.75) is 6.54 Å². The van der Waals surface area contributed by atoms with E-state index in [1.54, 1.807) is 18.0 Å². The van der Waals surface area contributed by atoms with Crippen LogP contribution in [0, 0.1) is 0 Å². The molecule has 0 amide bonds. The lowest BCUT2D eigenvalue weighted by Gasteiger charge is -2.11. The zero-order valence-corrected chi connectivity index (χ0v) is 9.97. The minimum Gasteiger partial charge on any atom is -0.496 e. The number of ether oxygens (including phenoxy) is 1. The van der Waals surface area contributed by atoms with Gasteiger partial charge in [0.25, 0.3) is 0 Å². The number of nitrogens with one attached hydrogen (secondary N) is 1. The van der Waals surface area contributed by atoms with Crippen LogP contribution < -0.4 is 15.8 Å². The standard InChI is InChI=1S/C12H16N4O/c1-16-12(5-6-15-16)14-8-9-3-4-10(13)7-11(9)17-2/h3-7,14H,8,13H2,1-2H3. The average molecular weight is 232 g/mol. The third kappa shape index (κ3) is 2.50. The van der Waals surface area contributed by atoms with Gasteiger partial charge in [-0.2, -0.15) is 5.10 Å². The van der Waals surface area contributed by atoms with Crippen molar-refractivity contribution >= 4 is 11.5 Å². The maximum Gasteiger partial charge on any atom is 0.125 e. The molecule has 5 heteroatoms. The molecule has 2 rings (SSSR count). The predicted molar refractivity (Wildman–Crippen MR) is 67.9 cm³/mol. The lowest BCUT2D eigenvalue weighted by molar-refractivity contribution is 0.410. The molecule has 5 nitrogen and oxygen atoms in total. The number of aromatic nitrogens is 2. The molecule has 0 aliphatic heterocycles. The number of methoxy groups -OCH3 is 1. The fourth-order valence-corrected chi connectivity index (χ4v) is 1.64. The molecule has 90 valence electrons. The zero-order chi connectivity index (χ0) is 12.3. The number of nitrogen functional groups attached to an aromatic ring is 1. The van der Waals surface area contributed by atoms with Gasteiger partial charge in [-0.05, 0) is 6.07 Å². The Kier molecular flexibility index (Phi) is 3.18. The predicted octanol–water partition coefficient (Wildman–Crippen LogP) is 1.62. The lowest BCUT2D eigenvalue weighted by atomic mass is 10.2. The number of hydrogen-bond acceptors (Lipinski definition) is 4. The molecule has 0 radical (unpaired) electrons. The Balaban J connectivity index is 2.11. The summed E-state index contributed by atoms with van der Waals surface area (Å²) in [6.07, 6.45) is 1.75. The number of nitrogens with two attached hydrogens (primary N) is 1. The Bertz CT molecular complexity index is 507. The number of anilines is 2. The molecule has 0 bridgehead atoms. The molecule has 1 aromatic carbocycles. The molecule has 17 heavy (non-hydrogen) atoms. The number of nitrogens with zero attached hydrogens (tertiary/aromatic N) is 2. The van der Waals surface area contributed by atoms with Crippen LogP contribution in [-0.2, 0) is 13.6 Å². The molecule has 1 aromatic heterocycles. The molecule has 1 heterocycles. The van der Waals surface area contributed by atoms with Gasteiger partial charge in [0.05, 0.1) is 13.3 Å². The van der Waals surface area contributed by atoms with Gasteiger partial charge in [0.1, 0.15) is 11.6 Å². The molecule has 0 atom stereocenters. The Morgan fingerprint density at radius 3 is 2.88 bits per heavy atom. The molecule has 0 aliphatic rings. The fourth-order valence-electron chi connectivity index (χ4n) is 1.64. The van der Waals surface area contributed by atoms with Crippen molar-refractivity contribution in [2.75, 3.05) is 18.2 Å². The Morgan fingerprint density at radius 1 is 1.41 bits per heavy atom. The van der Waals surface area contributed by atoms with E-state index >= 15 is 0 Å². The highest BCUT2D eigenvalue weighted by Crippen LogP contribution is 2.22. The second kappa shape index (κ2) is 4.78. The van der Waals surface area contributed by atoms with Gasteiger partial charge in [-0.3, -0.25) is 4.68 Å². The monoisotopic (exact) mass is 232 g/mol. The third-order valence-corrected chi connectivity index (χ3v) is 2.59. The highest BCUT2D eigenvalue weighted by molar-refractivity contribution is 5.49. The summed E-state index contributed by atoms with van der Waals surface area (Å²) in [4.78, 5) is 0. The number of rotatable bonds is 4. The minimum atomic E-state index is 0.670. The zero-order valence-electron chi connectivity index (χ0n) is 9.97. The van der Waals surface area contributed by atoms with E-state index < -0.39 is 0 Å². The Labute approximate surface area is 100 Å². The Morgan fingerprint density at radius 2 is 2.24 bits per heavy atom. The van der Waals surface area contributed by atoms with Gasteiger partial charge in [-0.25, -0.2) is 0 Å². The van der Waals surface area contributed by atoms with Gasteiger partial charge in [0.2, 0.25) is 0 Å². The van der Waals surface area contributed by atoms with Crippen LogP contribution in [0.4, 0.5) is 11.5 Å². The number of aryl methyl sites for hydroxylation is 1. The van der Waals surface area contributed by atoms with Gasteiger partial charge in [0.15, 0.2) is 0 Å². The fraction of sp³-hybridized carbons (Fsp3) is 0.250. The summed E-state index contributed by atoms with van der Waals surface area (Å²) in [5, 5.41) is 7.37. The Hall–Kier alpha value is -2.17. The highest BCUT2D eigenvalue weighted by atomic mass is 16.5. The summed E-state index contributed by atoms with van der Waals surface area (Å²) in [6, 6.07) is 7.56. The summed E-state index contributed by atoms with van der Waals surface area (Å²) in [6.45, 7) is 0.670. The topological polar surface area (TPSA) is 65.1 Å². The molecular formula is C12H16N4O. The maximum atomic E-state index is 5.70. The van der Waals surface area contributed by atoms with E-state index in [0.29, 0.717) is 12.2 Å². The van der Waals surface area contributed by atoms with E-state index in [4.69, 9.17) is 10.5 Å². The summed E-state index contributed by atoms with van der Waals surface area (Å²) >= 11 is 0. The van der Waals surface area contributed by atoms with Crippen LogP contribution in [0.1, 0.15) is 5.56 Å². The van der Waals surface area contributed by atoms with E-state index in [0.717, 1.165) is 17.1 Å². The normalized spacial score (nSPS) is 10.2. The average Bonchev–Trinajstić information content (AvgIpc) is 2.73. The van der Waals surface area contributed by atoms with Crippen molar-refractivity contribution in [3.63, 3.8) is 0 Å². The largest absolute Gasteiger partial charge is 0.496 e. The van der Waals surface area contributed by atoms with Crippen molar-refractivity contribution in [2.24, 2.45) is 7.05 Å². The van der Waals surface area contributed by atoms with Crippen molar-refractivity contribution in [1.29, 1.82) is 0 Å². The molecule has 0 saturated carbocycles. The summed E-state index contributed by atoms with van der Waals surface area (Å²) in [7, 11) is 3.53. The van der Waals surface area contributed by atoms with Crippen LogP contribution in [0.15, 0.2) is 30.5 Å². The molecule has 2 aromatic rings. The van der Waals surface area contributed by atoms with Crippen LogP contribution in [-0.4, -0.2) is 16.9 Å². The van der Waals surface area contributed by atoms with E-state index in [2.05, 4.69) is 10.4 Å². The van der Waals surface area contributed by atoms with Crippen LogP contribution in [0.25, 0.3) is 0 Å². The first-order valence-electron chi connectivity index (χ1n) is 5.35. The van der Waals surface area contributed by atoms with Gasteiger partial charge >= 0.3 is 0 Å². The molecule has 0 saturated heterocycles. The third-order valence-electron chi connectivity index (χ3n) is 2.59. The summed E-state index contributed by atoms with van der Waals surface area (Å²) in [5.41, 5.74) is 7.46. The second-order valence-corrected chi connectivity index (χ2v) is 3.76. The van der Waals surface area contributed by atoms with Crippen LogP contribution in [0.3, 0.4) is 0 Å². The molecule has 3 N–H and O–H groups in total. The molecular weight excluding hydrogens is 216 g/mol. The number of benzene rings is 1.